The summed E-state index contributed by atoms with van der Waals surface area (Å²) in [4.78, 5) is 0. The fourth-order valence-corrected chi connectivity index (χ4v) is 2.43. The molecule has 2 aromatic carbocycles. The van der Waals surface area contributed by atoms with Gasteiger partial charge in [-0.25, -0.2) is 0 Å². The fraction of sp³-hybridized carbons (Fsp3) is 0.250. The van der Waals surface area contributed by atoms with Gasteiger partial charge in [0.1, 0.15) is 5.75 Å². The van der Waals surface area contributed by atoms with Crippen molar-refractivity contribution in [2.24, 2.45) is 5.73 Å². The molecule has 2 aromatic rings. The molecule has 0 spiro atoms. The lowest BCUT2D eigenvalue weighted by Gasteiger charge is -2.15. The second-order valence-corrected chi connectivity index (χ2v) is 5.27. The molecule has 0 amide bonds. The van der Waals surface area contributed by atoms with Crippen LogP contribution in [0.2, 0.25) is 0 Å². The molecule has 0 aliphatic heterocycles. The van der Waals surface area contributed by atoms with Crippen LogP contribution in [0.1, 0.15) is 30.5 Å². The molecule has 0 aliphatic carbocycles. The van der Waals surface area contributed by atoms with Gasteiger partial charge in [0, 0.05) is 4.47 Å². The van der Waals surface area contributed by atoms with Crippen molar-refractivity contribution in [3.63, 3.8) is 0 Å². The van der Waals surface area contributed by atoms with E-state index in [-0.39, 0.29) is 6.04 Å². The third-order valence-corrected chi connectivity index (χ3v) is 3.67. The van der Waals surface area contributed by atoms with E-state index in [1.165, 1.54) is 0 Å². The van der Waals surface area contributed by atoms with E-state index in [0.717, 1.165) is 34.4 Å². The van der Waals surface area contributed by atoms with Gasteiger partial charge in [0.15, 0.2) is 0 Å². The Morgan fingerprint density at radius 2 is 1.79 bits per heavy atom. The van der Waals surface area contributed by atoms with E-state index >= 15 is 0 Å². The second-order valence-electron chi connectivity index (χ2n) is 4.42. The maximum Gasteiger partial charge on any atom is 0.119 e. The lowest BCUT2D eigenvalue weighted by molar-refractivity contribution is 0.317. The highest BCUT2D eigenvalue weighted by atomic mass is 79.9. The number of rotatable bonds is 5. The van der Waals surface area contributed by atoms with Crippen LogP contribution in [0.15, 0.2) is 53.0 Å². The number of benzene rings is 2. The van der Waals surface area contributed by atoms with Crippen LogP contribution in [0.25, 0.3) is 0 Å². The fourth-order valence-electron chi connectivity index (χ4n) is 1.90. The first-order valence-electron chi connectivity index (χ1n) is 6.45. The Balaban J connectivity index is 2.16. The van der Waals surface area contributed by atoms with Crippen LogP contribution in [0.5, 0.6) is 5.75 Å². The summed E-state index contributed by atoms with van der Waals surface area (Å²) < 4.78 is 6.61. The van der Waals surface area contributed by atoms with Crippen LogP contribution < -0.4 is 10.5 Å². The van der Waals surface area contributed by atoms with Gasteiger partial charge in [0.05, 0.1) is 12.6 Å². The first-order valence-corrected chi connectivity index (χ1v) is 7.24. The van der Waals surface area contributed by atoms with E-state index in [0.29, 0.717) is 0 Å². The third kappa shape index (κ3) is 3.58. The molecule has 0 aromatic heterocycles. The Hall–Kier alpha value is -1.32. The van der Waals surface area contributed by atoms with Crippen molar-refractivity contribution in [1.82, 2.24) is 0 Å². The van der Waals surface area contributed by atoms with Crippen LogP contribution in [-0.2, 0) is 0 Å². The highest BCUT2D eigenvalue weighted by molar-refractivity contribution is 9.10. The predicted molar refractivity (Wildman–Crippen MR) is 82.4 cm³/mol. The molecule has 0 saturated heterocycles. The number of nitrogens with two attached hydrogens (primary N) is 1. The second kappa shape index (κ2) is 6.73. The Labute approximate surface area is 122 Å². The van der Waals surface area contributed by atoms with Crippen LogP contribution >= 0.6 is 15.9 Å². The first kappa shape index (κ1) is 14.1. The summed E-state index contributed by atoms with van der Waals surface area (Å²) in [5, 5.41) is 0. The van der Waals surface area contributed by atoms with Crippen molar-refractivity contribution in [3.8, 4) is 5.75 Å². The highest BCUT2D eigenvalue weighted by Crippen LogP contribution is 2.27. The van der Waals surface area contributed by atoms with E-state index in [1.54, 1.807) is 0 Å². The van der Waals surface area contributed by atoms with E-state index in [2.05, 4.69) is 22.9 Å². The summed E-state index contributed by atoms with van der Waals surface area (Å²) in [6.07, 6.45) is 1.01. The molecular formula is C16H18BrNO. The van der Waals surface area contributed by atoms with Gasteiger partial charge in [-0.3, -0.25) is 0 Å². The maximum atomic E-state index is 6.30. The lowest BCUT2D eigenvalue weighted by Crippen LogP contribution is -2.12. The zero-order valence-electron chi connectivity index (χ0n) is 11.0. The van der Waals surface area contributed by atoms with Gasteiger partial charge < -0.3 is 10.5 Å². The van der Waals surface area contributed by atoms with Crippen LogP contribution in [0, 0.1) is 0 Å². The number of ether oxygens (including phenoxy) is 1. The minimum atomic E-state index is -0.129. The summed E-state index contributed by atoms with van der Waals surface area (Å²) in [5.74, 6) is 0.893. The summed E-state index contributed by atoms with van der Waals surface area (Å²) in [5.41, 5.74) is 8.46. The molecule has 19 heavy (non-hydrogen) atoms. The zero-order valence-corrected chi connectivity index (χ0v) is 12.6. The Kier molecular flexibility index (Phi) is 5.00. The van der Waals surface area contributed by atoms with Crippen molar-refractivity contribution in [2.75, 3.05) is 6.61 Å². The largest absolute Gasteiger partial charge is 0.494 e. The van der Waals surface area contributed by atoms with E-state index < -0.39 is 0 Å². The normalized spacial score (nSPS) is 12.2. The maximum absolute atomic E-state index is 6.30. The third-order valence-electron chi connectivity index (χ3n) is 2.95. The van der Waals surface area contributed by atoms with Crippen molar-refractivity contribution >= 4 is 15.9 Å². The topological polar surface area (TPSA) is 35.2 Å². The molecule has 0 aliphatic rings. The molecule has 0 heterocycles. The first-order chi connectivity index (χ1) is 9.22. The van der Waals surface area contributed by atoms with Gasteiger partial charge in [0.25, 0.3) is 0 Å². The number of halogens is 1. The molecule has 3 heteroatoms. The van der Waals surface area contributed by atoms with E-state index in [9.17, 15) is 0 Å². The Morgan fingerprint density at radius 1 is 1.11 bits per heavy atom. The molecule has 1 unspecified atom stereocenters. The quantitative estimate of drug-likeness (QED) is 0.892. The molecule has 0 bridgehead atoms. The SMILES string of the molecule is CCCOc1ccc(C(N)c2ccccc2Br)cc1. The molecule has 0 fully saturated rings. The van der Waals surface area contributed by atoms with Crippen LogP contribution in [0.4, 0.5) is 0 Å². The molecule has 2 rings (SSSR count). The smallest absolute Gasteiger partial charge is 0.119 e. The average Bonchev–Trinajstić information content (AvgIpc) is 2.45. The zero-order chi connectivity index (χ0) is 13.7. The minimum absolute atomic E-state index is 0.129. The van der Waals surface area contributed by atoms with E-state index in [1.807, 2.05) is 48.5 Å². The van der Waals surface area contributed by atoms with Gasteiger partial charge in [-0.1, -0.05) is 53.2 Å². The van der Waals surface area contributed by atoms with Gasteiger partial charge in [-0.05, 0) is 35.7 Å². The lowest BCUT2D eigenvalue weighted by atomic mass is 10.00. The molecule has 0 radical (unpaired) electrons. The monoisotopic (exact) mass is 319 g/mol. The number of hydrogen-bond donors (Lipinski definition) is 1. The van der Waals surface area contributed by atoms with E-state index in [4.69, 9.17) is 10.5 Å². The van der Waals surface area contributed by atoms with Gasteiger partial charge in [-0.2, -0.15) is 0 Å². The Morgan fingerprint density at radius 3 is 2.42 bits per heavy atom. The standard InChI is InChI=1S/C16H18BrNO/c1-2-11-19-13-9-7-12(8-10-13)16(18)14-5-3-4-6-15(14)17/h3-10,16H,2,11,18H2,1H3. The molecule has 2 N–H and O–H groups in total. The average molecular weight is 320 g/mol. The summed E-state index contributed by atoms with van der Waals surface area (Å²) in [6.45, 7) is 2.84. The molecule has 100 valence electrons. The van der Waals surface area contributed by atoms with Crippen molar-refractivity contribution < 1.29 is 4.74 Å². The van der Waals surface area contributed by atoms with Gasteiger partial charge in [0.2, 0.25) is 0 Å². The predicted octanol–water partition coefficient (Wildman–Crippen LogP) is 4.29. The number of hydrogen-bond acceptors (Lipinski definition) is 2. The summed E-state index contributed by atoms with van der Waals surface area (Å²) in [6, 6.07) is 15.9. The van der Waals surface area contributed by atoms with Crippen molar-refractivity contribution in [1.29, 1.82) is 0 Å². The van der Waals surface area contributed by atoms with Gasteiger partial charge >= 0.3 is 0 Å². The van der Waals surface area contributed by atoms with Crippen LogP contribution in [-0.4, -0.2) is 6.61 Å². The molecule has 1 atom stereocenters. The molecule has 0 saturated carbocycles. The molecule has 2 nitrogen and oxygen atoms in total. The summed E-state index contributed by atoms with van der Waals surface area (Å²) >= 11 is 3.54. The van der Waals surface area contributed by atoms with Crippen molar-refractivity contribution in [3.05, 3.63) is 64.1 Å². The summed E-state index contributed by atoms with van der Waals surface area (Å²) in [7, 11) is 0. The van der Waals surface area contributed by atoms with Gasteiger partial charge in [-0.15, -0.1) is 0 Å². The minimum Gasteiger partial charge on any atom is -0.494 e. The Bertz CT molecular complexity index is 525. The highest BCUT2D eigenvalue weighted by Gasteiger charge is 2.11. The molecular weight excluding hydrogens is 302 g/mol. The van der Waals surface area contributed by atoms with Crippen molar-refractivity contribution in [2.45, 2.75) is 19.4 Å². The van der Waals surface area contributed by atoms with Crippen LogP contribution in [0.3, 0.4) is 0 Å².